The minimum absolute atomic E-state index is 0.0575. The molecule has 1 fully saturated rings. The first-order valence-electron chi connectivity index (χ1n) is 6.55. The zero-order valence-corrected chi connectivity index (χ0v) is 11.9. The van der Waals surface area contributed by atoms with Crippen LogP contribution in [0.2, 0.25) is 5.02 Å². The fourth-order valence-corrected chi connectivity index (χ4v) is 2.79. The Hall–Kier alpha value is -1.36. The monoisotopic (exact) mass is 283 g/mol. The van der Waals surface area contributed by atoms with Crippen LogP contribution in [0.5, 0.6) is 0 Å². The number of anilines is 1. The molecule has 0 aromatic carbocycles. The molecule has 19 heavy (non-hydrogen) atoms. The maximum atomic E-state index is 11.0. The van der Waals surface area contributed by atoms with Crippen LogP contribution in [0.15, 0.2) is 12.3 Å². The highest BCUT2D eigenvalue weighted by Gasteiger charge is 2.29. The van der Waals surface area contributed by atoms with Crippen LogP contribution < -0.4 is 5.32 Å². The van der Waals surface area contributed by atoms with Crippen molar-refractivity contribution in [2.75, 3.05) is 5.32 Å². The van der Waals surface area contributed by atoms with E-state index in [1.165, 1.54) is 18.7 Å². The number of halogens is 1. The maximum Gasteiger partial charge on any atom is 0.312 e. The van der Waals surface area contributed by atoms with Gasteiger partial charge in [-0.05, 0) is 18.3 Å². The molecule has 5 nitrogen and oxygen atoms in total. The highest BCUT2D eigenvalue weighted by Crippen LogP contribution is 2.33. The summed E-state index contributed by atoms with van der Waals surface area (Å²) >= 11 is 5.76. The number of nitro groups is 1. The summed E-state index contributed by atoms with van der Waals surface area (Å²) in [6, 6.07) is 1.57. The van der Waals surface area contributed by atoms with Crippen molar-refractivity contribution in [2.24, 2.45) is 11.8 Å². The third kappa shape index (κ3) is 3.15. The van der Waals surface area contributed by atoms with Gasteiger partial charge in [0.15, 0.2) is 0 Å². The maximum absolute atomic E-state index is 11.0. The summed E-state index contributed by atoms with van der Waals surface area (Å²) in [7, 11) is 0. The molecule has 6 heteroatoms. The number of hydrogen-bond donors (Lipinski definition) is 1. The zero-order chi connectivity index (χ0) is 14.0. The van der Waals surface area contributed by atoms with Crippen LogP contribution in [-0.2, 0) is 0 Å². The summed E-state index contributed by atoms with van der Waals surface area (Å²) in [5, 5.41) is 14.5. The highest BCUT2D eigenvalue weighted by atomic mass is 35.5. The SMILES string of the molecule is CC1CCCC(Nc2ncc(Cl)cc2[N+](=O)[O-])C1C. The first-order chi connectivity index (χ1) is 8.99. The Morgan fingerprint density at radius 2 is 2.21 bits per heavy atom. The quantitative estimate of drug-likeness (QED) is 0.675. The molecule has 1 saturated carbocycles. The molecule has 1 heterocycles. The number of pyridine rings is 1. The highest BCUT2D eigenvalue weighted by molar-refractivity contribution is 6.30. The predicted octanol–water partition coefficient (Wildman–Crippen LogP) is 3.88. The molecule has 1 aliphatic rings. The molecule has 1 aromatic rings. The van der Waals surface area contributed by atoms with Gasteiger partial charge in [0.2, 0.25) is 5.82 Å². The molecule has 1 aliphatic carbocycles. The summed E-state index contributed by atoms with van der Waals surface area (Å²) in [6.45, 7) is 4.41. The van der Waals surface area contributed by atoms with Crippen LogP contribution in [0, 0.1) is 22.0 Å². The lowest BCUT2D eigenvalue weighted by molar-refractivity contribution is -0.384. The first-order valence-corrected chi connectivity index (χ1v) is 6.93. The van der Waals surface area contributed by atoms with Crippen LogP contribution in [-0.4, -0.2) is 15.9 Å². The second kappa shape index (κ2) is 5.74. The molecule has 0 radical (unpaired) electrons. The smallest absolute Gasteiger partial charge is 0.312 e. The third-order valence-electron chi connectivity index (χ3n) is 4.06. The number of nitrogens with zero attached hydrogens (tertiary/aromatic N) is 2. The van der Waals surface area contributed by atoms with E-state index in [-0.39, 0.29) is 16.8 Å². The van der Waals surface area contributed by atoms with Gasteiger partial charge in [0, 0.05) is 18.3 Å². The van der Waals surface area contributed by atoms with Crippen LogP contribution in [0.3, 0.4) is 0 Å². The van der Waals surface area contributed by atoms with Crippen molar-refractivity contribution in [1.29, 1.82) is 0 Å². The van der Waals surface area contributed by atoms with Gasteiger partial charge < -0.3 is 5.32 Å². The van der Waals surface area contributed by atoms with Gasteiger partial charge in [-0.1, -0.05) is 38.3 Å². The second-order valence-corrected chi connectivity index (χ2v) is 5.73. The van der Waals surface area contributed by atoms with E-state index in [1.54, 1.807) is 0 Å². The fourth-order valence-electron chi connectivity index (χ4n) is 2.64. The molecule has 104 valence electrons. The topological polar surface area (TPSA) is 68.1 Å². The number of aromatic nitrogens is 1. The van der Waals surface area contributed by atoms with E-state index in [1.807, 2.05) is 0 Å². The molecule has 0 saturated heterocycles. The van der Waals surface area contributed by atoms with Gasteiger partial charge in [0.1, 0.15) is 0 Å². The van der Waals surface area contributed by atoms with E-state index >= 15 is 0 Å². The van der Waals surface area contributed by atoms with Gasteiger partial charge in [-0.3, -0.25) is 10.1 Å². The minimum atomic E-state index is -0.446. The van der Waals surface area contributed by atoms with Crippen molar-refractivity contribution in [2.45, 2.75) is 39.2 Å². The van der Waals surface area contributed by atoms with E-state index < -0.39 is 4.92 Å². The molecular weight excluding hydrogens is 266 g/mol. The van der Waals surface area contributed by atoms with Crippen molar-refractivity contribution in [3.63, 3.8) is 0 Å². The molecule has 1 N–H and O–H groups in total. The van der Waals surface area contributed by atoms with Crippen molar-refractivity contribution < 1.29 is 4.92 Å². The Morgan fingerprint density at radius 1 is 1.47 bits per heavy atom. The summed E-state index contributed by atoms with van der Waals surface area (Å²) in [5.74, 6) is 1.42. The van der Waals surface area contributed by atoms with Gasteiger partial charge in [0.05, 0.1) is 9.95 Å². The number of hydrogen-bond acceptors (Lipinski definition) is 4. The lowest BCUT2D eigenvalue weighted by Crippen LogP contribution is -2.35. The predicted molar refractivity (Wildman–Crippen MR) is 75.5 cm³/mol. The molecule has 1 aromatic heterocycles. The van der Waals surface area contributed by atoms with Crippen molar-refractivity contribution in [3.8, 4) is 0 Å². The Balaban J connectivity index is 2.21. The van der Waals surface area contributed by atoms with Gasteiger partial charge in [-0.25, -0.2) is 4.98 Å². The van der Waals surface area contributed by atoms with Gasteiger partial charge >= 0.3 is 5.69 Å². The molecule has 0 aliphatic heterocycles. The van der Waals surface area contributed by atoms with Crippen molar-refractivity contribution >= 4 is 23.1 Å². The van der Waals surface area contributed by atoms with Crippen LogP contribution in [0.25, 0.3) is 0 Å². The van der Waals surface area contributed by atoms with Gasteiger partial charge in [0.25, 0.3) is 0 Å². The lowest BCUT2D eigenvalue weighted by atomic mass is 9.78. The van der Waals surface area contributed by atoms with E-state index in [9.17, 15) is 10.1 Å². The van der Waals surface area contributed by atoms with E-state index in [0.29, 0.717) is 17.7 Å². The van der Waals surface area contributed by atoms with E-state index in [4.69, 9.17) is 11.6 Å². The van der Waals surface area contributed by atoms with E-state index in [2.05, 4.69) is 24.1 Å². The normalized spacial score (nSPS) is 27.0. The van der Waals surface area contributed by atoms with Crippen molar-refractivity contribution in [1.82, 2.24) is 4.98 Å². The van der Waals surface area contributed by atoms with Gasteiger partial charge in [-0.2, -0.15) is 0 Å². The van der Waals surface area contributed by atoms with Crippen LogP contribution in [0.4, 0.5) is 11.5 Å². The van der Waals surface area contributed by atoms with Crippen molar-refractivity contribution in [3.05, 3.63) is 27.4 Å². The molecule has 2 rings (SSSR count). The second-order valence-electron chi connectivity index (χ2n) is 5.30. The van der Waals surface area contributed by atoms with Crippen LogP contribution in [0.1, 0.15) is 33.1 Å². The van der Waals surface area contributed by atoms with E-state index in [0.717, 1.165) is 12.8 Å². The standard InChI is InChI=1S/C13H18ClN3O2/c1-8-4-3-5-11(9(8)2)16-13-12(17(18)19)6-10(14)7-15-13/h6-9,11H,3-5H2,1-2H3,(H,15,16). The summed E-state index contributed by atoms with van der Waals surface area (Å²) < 4.78 is 0. The fraction of sp³-hybridized carbons (Fsp3) is 0.615. The molecule has 3 unspecified atom stereocenters. The third-order valence-corrected chi connectivity index (χ3v) is 4.27. The lowest BCUT2D eigenvalue weighted by Gasteiger charge is -2.34. The Morgan fingerprint density at radius 3 is 2.89 bits per heavy atom. The minimum Gasteiger partial charge on any atom is -0.361 e. The largest absolute Gasteiger partial charge is 0.361 e. The molecule has 0 bridgehead atoms. The molecule has 3 atom stereocenters. The molecule has 0 amide bonds. The van der Waals surface area contributed by atoms with Crippen LogP contribution >= 0.6 is 11.6 Å². The zero-order valence-electron chi connectivity index (χ0n) is 11.1. The Bertz CT molecular complexity index is 481. The summed E-state index contributed by atoms with van der Waals surface area (Å²) in [4.78, 5) is 14.7. The number of rotatable bonds is 3. The van der Waals surface area contributed by atoms with Gasteiger partial charge in [-0.15, -0.1) is 0 Å². The average Bonchev–Trinajstić information content (AvgIpc) is 2.36. The summed E-state index contributed by atoms with van der Waals surface area (Å²) in [5.41, 5.74) is -0.0575. The average molecular weight is 284 g/mol. The Kier molecular flexibility index (Phi) is 4.24. The number of nitrogens with one attached hydrogen (secondary N) is 1. The first kappa shape index (κ1) is 14.1. The molecular formula is C13H18ClN3O2. The molecule has 0 spiro atoms. The summed E-state index contributed by atoms with van der Waals surface area (Å²) in [6.07, 6.45) is 4.82. The Labute approximate surface area is 117 Å².